The van der Waals surface area contributed by atoms with Gasteiger partial charge in [-0.3, -0.25) is 0 Å². The third kappa shape index (κ3) is 4.06. The molecule has 1 heterocycles. The van der Waals surface area contributed by atoms with Crippen molar-refractivity contribution in [3.05, 3.63) is 47.6 Å². The molecule has 0 radical (unpaired) electrons. The van der Waals surface area contributed by atoms with Crippen molar-refractivity contribution in [3.63, 3.8) is 0 Å². The first-order chi connectivity index (χ1) is 8.94. The van der Waals surface area contributed by atoms with Crippen molar-refractivity contribution in [1.29, 1.82) is 0 Å². The molecular formula is C12H12F3N3O. The van der Waals surface area contributed by atoms with Crippen LogP contribution in [0, 0.1) is 0 Å². The van der Waals surface area contributed by atoms with Gasteiger partial charge in [0.15, 0.2) is 5.82 Å². The molecule has 19 heavy (non-hydrogen) atoms. The summed E-state index contributed by atoms with van der Waals surface area (Å²) in [5.74, 6) is -0.380. The zero-order chi connectivity index (χ0) is 13.9. The normalized spacial score (nSPS) is 13.5. The van der Waals surface area contributed by atoms with Crippen molar-refractivity contribution in [2.75, 3.05) is 0 Å². The minimum absolute atomic E-state index is 0.0168. The van der Waals surface area contributed by atoms with E-state index >= 15 is 0 Å². The average Bonchev–Trinajstić information content (AvgIpc) is 2.76. The van der Waals surface area contributed by atoms with Crippen molar-refractivity contribution in [2.24, 2.45) is 5.73 Å². The minimum Gasteiger partial charge on any atom is -0.338 e. The molecule has 0 aliphatic rings. The SMILES string of the molecule is N[C@H](Cc1ccccc1)c1nc(CC(F)(F)F)no1. The molecule has 0 saturated carbocycles. The van der Waals surface area contributed by atoms with Crippen LogP contribution in [0.4, 0.5) is 13.2 Å². The number of nitrogens with two attached hydrogens (primary N) is 1. The van der Waals surface area contributed by atoms with Crippen molar-refractivity contribution in [3.8, 4) is 0 Å². The van der Waals surface area contributed by atoms with Crippen LogP contribution >= 0.6 is 0 Å². The highest BCUT2D eigenvalue weighted by molar-refractivity contribution is 5.16. The highest BCUT2D eigenvalue weighted by Crippen LogP contribution is 2.21. The lowest BCUT2D eigenvalue weighted by molar-refractivity contribution is -0.128. The van der Waals surface area contributed by atoms with Gasteiger partial charge in [0.05, 0.1) is 6.04 Å². The van der Waals surface area contributed by atoms with Gasteiger partial charge in [0.2, 0.25) is 5.89 Å². The van der Waals surface area contributed by atoms with Crippen molar-refractivity contribution >= 4 is 0 Å². The summed E-state index contributed by atoms with van der Waals surface area (Å²) in [6.07, 6.45) is -5.15. The molecule has 1 aromatic heterocycles. The van der Waals surface area contributed by atoms with E-state index in [1.165, 1.54) is 0 Å². The van der Waals surface area contributed by atoms with E-state index < -0.39 is 24.5 Å². The van der Waals surface area contributed by atoms with Gasteiger partial charge in [-0.25, -0.2) is 0 Å². The quantitative estimate of drug-likeness (QED) is 0.927. The highest BCUT2D eigenvalue weighted by Gasteiger charge is 2.31. The smallest absolute Gasteiger partial charge is 0.338 e. The van der Waals surface area contributed by atoms with Crippen molar-refractivity contribution < 1.29 is 17.7 Å². The molecule has 0 aliphatic carbocycles. The Hall–Kier alpha value is -1.89. The largest absolute Gasteiger partial charge is 0.396 e. The van der Waals surface area contributed by atoms with E-state index in [0.717, 1.165) is 5.56 Å². The van der Waals surface area contributed by atoms with Gasteiger partial charge < -0.3 is 10.3 Å². The first kappa shape index (κ1) is 13.5. The van der Waals surface area contributed by atoms with E-state index in [4.69, 9.17) is 10.3 Å². The summed E-state index contributed by atoms with van der Waals surface area (Å²) in [4.78, 5) is 3.67. The fraction of sp³-hybridized carbons (Fsp3) is 0.333. The summed E-state index contributed by atoms with van der Waals surface area (Å²) in [6.45, 7) is 0. The van der Waals surface area contributed by atoms with Crippen LogP contribution in [-0.2, 0) is 12.8 Å². The topological polar surface area (TPSA) is 64.9 Å². The summed E-state index contributed by atoms with van der Waals surface area (Å²) in [5.41, 5.74) is 6.78. The van der Waals surface area contributed by atoms with Gasteiger partial charge in [0.1, 0.15) is 6.42 Å². The fourth-order valence-electron chi connectivity index (χ4n) is 1.62. The van der Waals surface area contributed by atoms with E-state index in [9.17, 15) is 13.2 Å². The Kier molecular flexibility index (Phi) is 3.84. The number of rotatable bonds is 4. The molecule has 2 aromatic rings. The van der Waals surface area contributed by atoms with Gasteiger partial charge >= 0.3 is 6.18 Å². The lowest BCUT2D eigenvalue weighted by atomic mass is 10.1. The standard InChI is InChI=1S/C12H12F3N3O/c13-12(14,15)7-10-17-11(19-18-10)9(16)6-8-4-2-1-3-5-8/h1-5,9H,6-7,16H2/t9-/m1/s1. The molecule has 2 rings (SSSR count). The Morgan fingerprint density at radius 1 is 1.21 bits per heavy atom. The van der Waals surface area contributed by atoms with Crippen LogP contribution in [0.2, 0.25) is 0 Å². The Bertz CT molecular complexity index is 525. The molecule has 7 heteroatoms. The second kappa shape index (κ2) is 5.40. The van der Waals surface area contributed by atoms with Crippen molar-refractivity contribution in [1.82, 2.24) is 10.1 Å². The Morgan fingerprint density at radius 2 is 1.89 bits per heavy atom. The first-order valence-corrected chi connectivity index (χ1v) is 5.63. The third-order valence-corrected chi connectivity index (χ3v) is 2.46. The van der Waals surface area contributed by atoms with Crippen LogP contribution < -0.4 is 5.73 Å². The zero-order valence-corrected chi connectivity index (χ0v) is 9.89. The number of hydrogen-bond acceptors (Lipinski definition) is 4. The van der Waals surface area contributed by atoms with Crippen LogP contribution in [-0.4, -0.2) is 16.3 Å². The van der Waals surface area contributed by atoms with E-state index in [1.54, 1.807) is 0 Å². The Labute approximate surface area is 107 Å². The summed E-state index contributed by atoms with van der Waals surface area (Å²) in [5, 5.41) is 3.28. The van der Waals surface area contributed by atoms with Gasteiger partial charge in [-0.05, 0) is 12.0 Å². The van der Waals surface area contributed by atoms with Crippen LogP contribution in [0.1, 0.15) is 23.3 Å². The molecule has 0 unspecified atom stereocenters. The second-order valence-electron chi connectivity index (χ2n) is 4.14. The number of benzene rings is 1. The Morgan fingerprint density at radius 3 is 2.53 bits per heavy atom. The van der Waals surface area contributed by atoms with Crippen molar-refractivity contribution in [2.45, 2.75) is 25.1 Å². The number of hydrogen-bond donors (Lipinski definition) is 1. The predicted octanol–water partition coefficient (Wildman–Crippen LogP) is 2.42. The number of halogens is 3. The lowest BCUT2D eigenvalue weighted by Gasteiger charge is -2.06. The lowest BCUT2D eigenvalue weighted by Crippen LogP contribution is -2.15. The molecule has 1 aromatic carbocycles. The summed E-state index contributed by atoms with van der Waals surface area (Å²) >= 11 is 0. The van der Waals surface area contributed by atoms with E-state index in [1.807, 2.05) is 30.3 Å². The first-order valence-electron chi connectivity index (χ1n) is 5.63. The zero-order valence-electron chi connectivity index (χ0n) is 9.89. The second-order valence-corrected chi connectivity index (χ2v) is 4.14. The fourth-order valence-corrected chi connectivity index (χ4v) is 1.62. The summed E-state index contributed by atoms with van der Waals surface area (Å²) in [7, 11) is 0. The Balaban J connectivity index is 2.02. The summed E-state index contributed by atoms with van der Waals surface area (Å²) in [6, 6.07) is 8.69. The molecule has 0 aliphatic heterocycles. The molecule has 4 nitrogen and oxygen atoms in total. The minimum atomic E-state index is -4.36. The number of alkyl halides is 3. The maximum Gasteiger partial charge on any atom is 0.396 e. The molecule has 1 atom stereocenters. The third-order valence-electron chi connectivity index (χ3n) is 2.46. The van der Waals surface area contributed by atoms with E-state index in [0.29, 0.717) is 6.42 Å². The van der Waals surface area contributed by atoms with Gasteiger partial charge in [-0.15, -0.1) is 0 Å². The number of nitrogens with zero attached hydrogens (tertiary/aromatic N) is 2. The van der Waals surface area contributed by atoms with Crippen LogP contribution in [0.3, 0.4) is 0 Å². The number of aromatic nitrogens is 2. The van der Waals surface area contributed by atoms with Crippen LogP contribution in [0.5, 0.6) is 0 Å². The molecule has 102 valence electrons. The molecule has 0 fully saturated rings. The highest BCUT2D eigenvalue weighted by atomic mass is 19.4. The summed E-state index contributed by atoms with van der Waals surface area (Å²) < 4.78 is 41.2. The predicted molar refractivity (Wildman–Crippen MR) is 61.1 cm³/mol. The molecule has 0 spiro atoms. The maximum atomic E-state index is 12.1. The maximum absolute atomic E-state index is 12.1. The molecule has 0 saturated heterocycles. The van der Waals surface area contributed by atoms with Gasteiger partial charge in [0, 0.05) is 0 Å². The molecule has 0 amide bonds. The van der Waals surface area contributed by atoms with Gasteiger partial charge in [-0.1, -0.05) is 35.5 Å². The van der Waals surface area contributed by atoms with Crippen LogP contribution in [0.25, 0.3) is 0 Å². The van der Waals surface area contributed by atoms with Crippen LogP contribution in [0.15, 0.2) is 34.9 Å². The molecule has 0 bridgehead atoms. The molecular weight excluding hydrogens is 259 g/mol. The van der Waals surface area contributed by atoms with E-state index in [2.05, 4.69) is 10.1 Å². The van der Waals surface area contributed by atoms with Gasteiger partial charge in [-0.2, -0.15) is 18.2 Å². The molecule has 2 N–H and O–H groups in total. The monoisotopic (exact) mass is 271 g/mol. The van der Waals surface area contributed by atoms with E-state index in [-0.39, 0.29) is 5.89 Å². The average molecular weight is 271 g/mol. The van der Waals surface area contributed by atoms with Gasteiger partial charge in [0.25, 0.3) is 0 Å².